The average molecular weight is 372 g/mol. The highest BCUT2D eigenvalue weighted by atomic mass is 35.5. The van der Waals surface area contributed by atoms with Gasteiger partial charge in [0.15, 0.2) is 6.61 Å². The van der Waals surface area contributed by atoms with Crippen LogP contribution < -0.4 is 15.8 Å². The van der Waals surface area contributed by atoms with Crippen molar-refractivity contribution < 1.29 is 19.1 Å². The minimum absolute atomic E-state index is 0. The standard InChI is InChI=1S/C17H25N3O4.ClH/c1-20(2)15(21)11-24-14-5-3-13(4-6-14)19-17(22)16(18)12-7-9-23-10-8-12;/h3-6,12,16H,7-11,18H2,1-2H3,(H,19,22);1H. The number of ether oxygens (including phenoxy) is 2. The van der Waals surface area contributed by atoms with Crippen LogP contribution in [0.15, 0.2) is 24.3 Å². The Hall–Kier alpha value is -1.83. The number of nitrogens with one attached hydrogen (secondary N) is 1. The Labute approximate surface area is 154 Å². The molecule has 2 rings (SSSR count). The second-order valence-electron chi connectivity index (χ2n) is 6.07. The van der Waals surface area contributed by atoms with Crippen LogP contribution in [0.3, 0.4) is 0 Å². The molecule has 1 fully saturated rings. The summed E-state index contributed by atoms with van der Waals surface area (Å²) in [6.45, 7) is 1.29. The van der Waals surface area contributed by atoms with Gasteiger partial charge in [0.25, 0.3) is 5.91 Å². The maximum atomic E-state index is 12.2. The van der Waals surface area contributed by atoms with E-state index in [4.69, 9.17) is 15.2 Å². The highest BCUT2D eigenvalue weighted by Gasteiger charge is 2.26. The van der Waals surface area contributed by atoms with Crippen molar-refractivity contribution in [1.29, 1.82) is 0 Å². The summed E-state index contributed by atoms with van der Waals surface area (Å²) in [6, 6.07) is 6.33. The number of likely N-dealkylation sites (N-methyl/N-ethyl adjacent to an activating group) is 1. The molecule has 1 unspecified atom stereocenters. The number of amides is 2. The number of anilines is 1. The lowest BCUT2D eigenvalue weighted by Crippen LogP contribution is -2.43. The van der Waals surface area contributed by atoms with Crippen LogP contribution in [0.1, 0.15) is 12.8 Å². The number of rotatable bonds is 6. The molecule has 0 saturated carbocycles. The van der Waals surface area contributed by atoms with Gasteiger partial charge < -0.3 is 25.4 Å². The maximum Gasteiger partial charge on any atom is 0.259 e. The van der Waals surface area contributed by atoms with Crippen LogP contribution in [-0.4, -0.2) is 56.7 Å². The smallest absolute Gasteiger partial charge is 0.259 e. The molecule has 0 aliphatic carbocycles. The fourth-order valence-corrected chi connectivity index (χ4v) is 2.42. The molecule has 0 radical (unpaired) electrons. The summed E-state index contributed by atoms with van der Waals surface area (Å²) in [6.07, 6.45) is 1.61. The van der Waals surface area contributed by atoms with Gasteiger partial charge in [0.1, 0.15) is 5.75 Å². The molecule has 1 aromatic rings. The molecule has 0 bridgehead atoms. The third kappa shape index (κ3) is 6.53. The van der Waals surface area contributed by atoms with E-state index in [-0.39, 0.29) is 36.7 Å². The zero-order valence-corrected chi connectivity index (χ0v) is 15.4. The first-order valence-corrected chi connectivity index (χ1v) is 8.04. The number of benzene rings is 1. The van der Waals surface area contributed by atoms with Crippen LogP contribution in [0, 0.1) is 5.92 Å². The summed E-state index contributed by atoms with van der Waals surface area (Å²) < 4.78 is 10.7. The third-order valence-corrected chi connectivity index (χ3v) is 4.06. The number of halogens is 1. The van der Waals surface area contributed by atoms with Crippen LogP contribution in [0.25, 0.3) is 0 Å². The van der Waals surface area contributed by atoms with E-state index < -0.39 is 6.04 Å². The first-order chi connectivity index (χ1) is 11.5. The fraction of sp³-hybridized carbons (Fsp3) is 0.529. The van der Waals surface area contributed by atoms with Gasteiger partial charge in [0.05, 0.1) is 6.04 Å². The van der Waals surface area contributed by atoms with Gasteiger partial charge in [-0.2, -0.15) is 0 Å². The second-order valence-corrected chi connectivity index (χ2v) is 6.07. The SMILES string of the molecule is CN(C)C(=O)COc1ccc(NC(=O)C(N)C2CCOCC2)cc1.Cl. The molecule has 1 aromatic carbocycles. The van der Waals surface area contributed by atoms with Crippen LogP contribution >= 0.6 is 12.4 Å². The van der Waals surface area contributed by atoms with Gasteiger partial charge in [0.2, 0.25) is 5.91 Å². The van der Waals surface area contributed by atoms with E-state index in [0.29, 0.717) is 24.7 Å². The van der Waals surface area contributed by atoms with Gasteiger partial charge in [-0.15, -0.1) is 12.4 Å². The molecular formula is C17H26ClN3O4. The number of hydrogen-bond donors (Lipinski definition) is 2. The van der Waals surface area contributed by atoms with Crippen LogP contribution in [0.4, 0.5) is 5.69 Å². The average Bonchev–Trinajstić information content (AvgIpc) is 2.60. The summed E-state index contributed by atoms with van der Waals surface area (Å²) in [7, 11) is 3.35. The zero-order chi connectivity index (χ0) is 17.5. The number of carbonyl (C=O) groups excluding carboxylic acids is 2. The van der Waals surface area contributed by atoms with Crippen molar-refractivity contribution in [1.82, 2.24) is 4.90 Å². The Morgan fingerprint density at radius 3 is 2.44 bits per heavy atom. The third-order valence-electron chi connectivity index (χ3n) is 4.06. The van der Waals surface area contributed by atoms with E-state index in [1.165, 1.54) is 4.90 Å². The summed E-state index contributed by atoms with van der Waals surface area (Å²) in [5, 5.41) is 2.81. The quantitative estimate of drug-likeness (QED) is 0.785. The Morgan fingerprint density at radius 2 is 1.88 bits per heavy atom. The van der Waals surface area contributed by atoms with E-state index in [9.17, 15) is 9.59 Å². The second kappa shape index (κ2) is 10.2. The monoisotopic (exact) mass is 371 g/mol. The minimum atomic E-state index is -0.539. The summed E-state index contributed by atoms with van der Waals surface area (Å²) >= 11 is 0. The first kappa shape index (κ1) is 21.2. The van der Waals surface area contributed by atoms with Crippen LogP contribution in [0.2, 0.25) is 0 Å². The van der Waals surface area contributed by atoms with E-state index in [1.807, 2.05) is 0 Å². The largest absolute Gasteiger partial charge is 0.484 e. The molecule has 140 valence electrons. The van der Waals surface area contributed by atoms with E-state index in [2.05, 4.69) is 5.32 Å². The van der Waals surface area contributed by atoms with Crippen molar-refractivity contribution in [2.45, 2.75) is 18.9 Å². The normalized spacial score (nSPS) is 15.6. The topological polar surface area (TPSA) is 93.9 Å². The van der Waals surface area contributed by atoms with Gasteiger partial charge in [-0.1, -0.05) is 0 Å². The lowest BCUT2D eigenvalue weighted by molar-refractivity contribution is -0.130. The lowest BCUT2D eigenvalue weighted by Gasteiger charge is -2.26. The Morgan fingerprint density at radius 1 is 1.28 bits per heavy atom. The van der Waals surface area contributed by atoms with Crippen molar-refractivity contribution in [2.24, 2.45) is 11.7 Å². The van der Waals surface area contributed by atoms with Gasteiger partial charge in [0, 0.05) is 33.0 Å². The van der Waals surface area contributed by atoms with Crippen molar-refractivity contribution in [3.05, 3.63) is 24.3 Å². The number of hydrogen-bond acceptors (Lipinski definition) is 5. The highest BCUT2D eigenvalue weighted by Crippen LogP contribution is 2.20. The Bertz CT molecular complexity index is 560. The fourth-order valence-electron chi connectivity index (χ4n) is 2.42. The van der Waals surface area contributed by atoms with E-state index in [1.54, 1.807) is 38.4 Å². The molecular weight excluding hydrogens is 346 g/mol. The number of nitrogens with two attached hydrogens (primary N) is 1. The molecule has 1 heterocycles. The maximum absolute atomic E-state index is 12.2. The molecule has 1 aliphatic heterocycles. The molecule has 7 nitrogen and oxygen atoms in total. The Balaban J connectivity index is 0.00000312. The van der Waals surface area contributed by atoms with Gasteiger partial charge >= 0.3 is 0 Å². The van der Waals surface area contributed by atoms with Crippen molar-refractivity contribution in [2.75, 3.05) is 39.2 Å². The van der Waals surface area contributed by atoms with Crippen molar-refractivity contribution in [3.63, 3.8) is 0 Å². The van der Waals surface area contributed by atoms with Crippen molar-refractivity contribution >= 4 is 29.9 Å². The molecule has 2 amide bonds. The number of nitrogens with zero attached hydrogens (tertiary/aromatic N) is 1. The first-order valence-electron chi connectivity index (χ1n) is 8.04. The summed E-state index contributed by atoms with van der Waals surface area (Å²) in [4.78, 5) is 25.2. The zero-order valence-electron chi connectivity index (χ0n) is 14.6. The molecule has 3 N–H and O–H groups in total. The van der Waals surface area contributed by atoms with Gasteiger partial charge in [-0.3, -0.25) is 9.59 Å². The van der Waals surface area contributed by atoms with E-state index in [0.717, 1.165) is 12.8 Å². The molecule has 25 heavy (non-hydrogen) atoms. The van der Waals surface area contributed by atoms with Gasteiger partial charge in [-0.05, 0) is 43.0 Å². The molecule has 8 heteroatoms. The lowest BCUT2D eigenvalue weighted by atomic mass is 9.92. The van der Waals surface area contributed by atoms with Crippen LogP contribution in [0.5, 0.6) is 5.75 Å². The highest BCUT2D eigenvalue weighted by molar-refractivity contribution is 5.94. The summed E-state index contributed by atoms with van der Waals surface area (Å²) in [5.41, 5.74) is 6.69. The Kier molecular flexibility index (Phi) is 8.68. The van der Waals surface area contributed by atoms with Crippen LogP contribution in [-0.2, 0) is 14.3 Å². The summed E-state index contributed by atoms with van der Waals surface area (Å²) in [5.74, 6) is 0.406. The predicted octanol–water partition coefficient (Wildman–Crippen LogP) is 1.27. The molecule has 1 atom stereocenters. The number of carbonyl (C=O) groups is 2. The van der Waals surface area contributed by atoms with Crippen molar-refractivity contribution in [3.8, 4) is 5.75 Å². The molecule has 0 aromatic heterocycles. The molecule has 1 aliphatic rings. The van der Waals surface area contributed by atoms with Gasteiger partial charge in [-0.25, -0.2) is 0 Å². The minimum Gasteiger partial charge on any atom is -0.484 e. The predicted molar refractivity (Wildman–Crippen MR) is 98.0 cm³/mol. The molecule has 1 saturated heterocycles. The van der Waals surface area contributed by atoms with E-state index >= 15 is 0 Å². The molecule has 0 spiro atoms.